The quantitative estimate of drug-likeness (QED) is 0.369. The minimum absolute atomic E-state index is 0.0962. The van der Waals surface area contributed by atoms with Crippen LogP contribution in [-0.4, -0.2) is 53.4 Å². The van der Waals surface area contributed by atoms with Crippen molar-refractivity contribution in [3.05, 3.63) is 94.1 Å². The van der Waals surface area contributed by atoms with Crippen LogP contribution in [0.1, 0.15) is 46.3 Å². The van der Waals surface area contributed by atoms with Crippen molar-refractivity contribution < 1.29 is 9.18 Å². The van der Waals surface area contributed by atoms with Gasteiger partial charge in [-0.3, -0.25) is 4.79 Å². The number of halogens is 1. The third-order valence-corrected chi connectivity index (χ3v) is 8.58. The highest BCUT2D eigenvalue weighted by Gasteiger charge is 2.38. The summed E-state index contributed by atoms with van der Waals surface area (Å²) in [6.07, 6.45) is 2.19. The van der Waals surface area contributed by atoms with Crippen molar-refractivity contribution in [2.75, 3.05) is 32.7 Å². The second kappa shape index (κ2) is 9.59. The Morgan fingerprint density at radius 3 is 2.54 bits per heavy atom. The number of H-pyrrole nitrogens is 1. The number of rotatable bonds is 5. The number of piperidine rings is 1. The van der Waals surface area contributed by atoms with E-state index >= 15 is 0 Å². The van der Waals surface area contributed by atoms with Gasteiger partial charge in [0.1, 0.15) is 11.5 Å². The van der Waals surface area contributed by atoms with Gasteiger partial charge in [0.2, 0.25) is 0 Å². The molecule has 2 unspecified atom stereocenters. The molecule has 6 rings (SSSR count). The Labute approximate surface area is 209 Å². The van der Waals surface area contributed by atoms with E-state index in [2.05, 4.69) is 26.7 Å². The Morgan fingerprint density at radius 1 is 1.00 bits per heavy atom. The molecular weight excluding hydrogens is 457 g/mol. The summed E-state index contributed by atoms with van der Waals surface area (Å²) in [5.41, 5.74) is 4.28. The molecule has 2 saturated heterocycles. The van der Waals surface area contributed by atoms with Gasteiger partial charge in [0.25, 0.3) is 5.91 Å². The van der Waals surface area contributed by atoms with Crippen LogP contribution >= 0.6 is 11.3 Å². The molecule has 35 heavy (non-hydrogen) atoms. The number of nitrogens with zero attached hydrogens (tertiary/aromatic N) is 2. The first-order chi connectivity index (χ1) is 17.1. The van der Waals surface area contributed by atoms with Gasteiger partial charge in [-0.15, -0.1) is 0 Å². The van der Waals surface area contributed by atoms with E-state index in [0.717, 1.165) is 56.5 Å². The van der Waals surface area contributed by atoms with E-state index in [-0.39, 0.29) is 11.7 Å². The van der Waals surface area contributed by atoms with Crippen LogP contribution in [0.25, 0.3) is 10.9 Å². The molecule has 2 atom stereocenters. The second-order valence-electron chi connectivity index (χ2n) is 10.0. The number of hydrogen-bond donors (Lipinski definition) is 1. The predicted octanol–water partition coefficient (Wildman–Crippen LogP) is 6.10. The monoisotopic (exact) mass is 487 g/mol. The molecule has 2 fully saturated rings. The number of aromatic nitrogens is 1. The molecule has 0 bridgehead atoms. The fraction of sp³-hybridized carbons (Fsp3) is 0.345. The minimum atomic E-state index is -0.168. The maximum Gasteiger partial charge on any atom is 0.270 e. The van der Waals surface area contributed by atoms with E-state index in [1.807, 2.05) is 47.4 Å². The summed E-state index contributed by atoms with van der Waals surface area (Å²) < 4.78 is 13.3. The summed E-state index contributed by atoms with van der Waals surface area (Å²) in [6.45, 7) is 4.65. The van der Waals surface area contributed by atoms with Crippen LogP contribution in [0.5, 0.6) is 0 Å². The maximum absolute atomic E-state index is 13.5. The first kappa shape index (κ1) is 22.5. The number of carbonyl (C=O) groups excluding carboxylic acids is 1. The summed E-state index contributed by atoms with van der Waals surface area (Å²) in [7, 11) is 0. The van der Waals surface area contributed by atoms with Gasteiger partial charge in [-0.25, -0.2) is 4.39 Å². The Morgan fingerprint density at radius 2 is 1.80 bits per heavy atom. The third-order valence-electron chi connectivity index (χ3n) is 7.88. The Kier molecular flexibility index (Phi) is 6.17. The molecule has 4 nitrogen and oxygen atoms in total. The first-order valence-electron chi connectivity index (χ1n) is 12.5. The highest BCUT2D eigenvalue weighted by Crippen LogP contribution is 2.37. The normalized spacial score (nSPS) is 21.7. The van der Waals surface area contributed by atoms with E-state index < -0.39 is 0 Å². The minimum Gasteiger partial charge on any atom is -0.351 e. The van der Waals surface area contributed by atoms with Crippen LogP contribution in [0, 0.1) is 11.7 Å². The van der Waals surface area contributed by atoms with E-state index in [4.69, 9.17) is 0 Å². The van der Waals surface area contributed by atoms with Crippen LogP contribution in [-0.2, 0) is 0 Å². The van der Waals surface area contributed by atoms with Crippen LogP contribution < -0.4 is 0 Å². The smallest absolute Gasteiger partial charge is 0.270 e. The van der Waals surface area contributed by atoms with Crippen molar-refractivity contribution in [1.82, 2.24) is 14.8 Å². The van der Waals surface area contributed by atoms with Crippen molar-refractivity contribution in [1.29, 1.82) is 0 Å². The van der Waals surface area contributed by atoms with Gasteiger partial charge >= 0.3 is 0 Å². The summed E-state index contributed by atoms with van der Waals surface area (Å²) in [6, 6.07) is 19.3. The van der Waals surface area contributed by atoms with E-state index in [1.54, 1.807) is 23.5 Å². The molecule has 1 amide bonds. The molecule has 4 heterocycles. The molecule has 2 aliphatic heterocycles. The van der Waals surface area contributed by atoms with E-state index in [0.29, 0.717) is 23.4 Å². The van der Waals surface area contributed by atoms with Crippen LogP contribution in [0.4, 0.5) is 4.39 Å². The Hall–Kier alpha value is -2.96. The zero-order chi connectivity index (χ0) is 23.8. The van der Waals surface area contributed by atoms with Crippen LogP contribution in [0.15, 0.2) is 71.4 Å². The molecule has 2 aliphatic rings. The topological polar surface area (TPSA) is 39.3 Å². The standard InChI is InChI=1S/C29H30FN3OS/c30-25-7-5-20(6-8-25)21-9-12-32(13-10-21)16-24-17-33(18-26(24)23-11-14-35-19-23)29(34)28-15-22-3-1-2-4-27(22)31-28/h1-8,11,14-15,19,21,24,26,31H,9-10,12-13,16-18H2. The number of amides is 1. The predicted molar refractivity (Wildman–Crippen MR) is 140 cm³/mol. The van der Waals surface area contributed by atoms with Crippen molar-refractivity contribution in [3.63, 3.8) is 0 Å². The molecule has 1 N–H and O–H groups in total. The average Bonchev–Trinajstić information content (AvgIpc) is 3.64. The fourth-order valence-corrected chi connectivity index (χ4v) is 6.68. The SMILES string of the molecule is O=C(c1cc2ccccc2[nH]1)N1CC(CN2CCC(c3ccc(F)cc3)CC2)C(c2ccsc2)C1. The number of benzene rings is 2. The summed E-state index contributed by atoms with van der Waals surface area (Å²) >= 11 is 1.73. The van der Waals surface area contributed by atoms with Crippen molar-refractivity contribution in [2.45, 2.75) is 24.7 Å². The van der Waals surface area contributed by atoms with E-state index in [1.165, 1.54) is 11.1 Å². The molecule has 4 aromatic rings. The molecule has 2 aromatic heterocycles. The van der Waals surface area contributed by atoms with Crippen molar-refractivity contribution >= 4 is 28.1 Å². The first-order valence-corrected chi connectivity index (χ1v) is 13.5. The van der Waals surface area contributed by atoms with Gasteiger partial charge in [0, 0.05) is 36.5 Å². The van der Waals surface area contributed by atoms with Crippen LogP contribution in [0.2, 0.25) is 0 Å². The lowest BCUT2D eigenvalue weighted by atomic mass is 9.87. The summed E-state index contributed by atoms with van der Waals surface area (Å²) in [5.74, 6) is 1.21. The number of para-hydroxylation sites is 1. The third kappa shape index (κ3) is 4.65. The molecule has 180 valence electrons. The number of carbonyl (C=O) groups is 1. The van der Waals surface area contributed by atoms with E-state index in [9.17, 15) is 9.18 Å². The van der Waals surface area contributed by atoms with Gasteiger partial charge in [-0.2, -0.15) is 11.3 Å². The largest absolute Gasteiger partial charge is 0.351 e. The number of nitrogens with one attached hydrogen (secondary N) is 1. The average molecular weight is 488 g/mol. The highest BCUT2D eigenvalue weighted by atomic mass is 32.1. The number of fused-ring (bicyclic) bond motifs is 1. The lowest BCUT2D eigenvalue weighted by Gasteiger charge is -2.34. The number of aromatic amines is 1. The lowest BCUT2D eigenvalue weighted by Crippen LogP contribution is -2.38. The maximum atomic E-state index is 13.5. The second-order valence-corrected chi connectivity index (χ2v) is 10.8. The lowest BCUT2D eigenvalue weighted by molar-refractivity contribution is 0.0776. The molecule has 6 heteroatoms. The molecule has 0 saturated carbocycles. The number of thiophene rings is 1. The molecular formula is C29H30FN3OS. The van der Waals surface area contributed by atoms with Crippen molar-refractivity contribution in [3.8, 4) is 0 Å². The van der Waals surface area contributed by atoms with Gasteiger partial charge in [-0.05, 0) is 90.0 Å². The number of hydrogen-bond acceptors (Lipinski definition) is 3. The van der Waals surface area contributed by atoms with Gasteiger partial charge < -0.3 is 14.8 Å². The molecule has 0 radical (unpaired) electrons. The molecule has 2 aromatic carbocycles. The Balaban J connectivity index is 1.14. The van der Waals surface area contributed by atoms with Gasteiger partial charge in [0.05, 0.1) is 0 Å². The van der Waals surface area contributed by atoms with Gasteiger partial charge in [0.15, 0.2) is 0 Å². The molecule has 0 spiro atoms. The van der Waals surface area contributed by atoms with Gasteiger partial charge in [-0.1, -0.05) is 30.3 Å². The zero-order valence-electron chi connectivity index (χ0n) is 19.7. The zero-order valence-corrected chi connectivity index (χ0v) is 20.5. The Bertz CT molecular complexity index is 1260. The molecule has 0 aliphatic carbocycles. The van der Waals surface area contributed by atoms with Crippen molar-refractivity contribution in [2.24, 2.45) is 5.92 Å². The summed E-state index contributed by atoms with van der Waals surface area (Å²) in [4.78, 5) is 21.4. The summed E-state index contributed by atoms with van der Waals surface area (Å²) in [5, 5.41) is 5.46. The highest BCUT2D eigenvalue weighted by molar-refractivity contribution is 7.08. The fourth-order valence-electron chi connectivity index (χ4n) is 5.96. The van der Waals surface area contributed by atoms with Crippen LogP contribution in [0.3, 0.4) is 0 Å². The number of likely N-dealkylation sites (tertiary alicyclic amines) is 2.